The molecule has 0 unspecified atom stereocenters. The Morgan fingerprint density at radius 3 is 2.46 bits per heavy atom. The number of nitrogens with zero attached hydrogens (tertiary/aromatic N) is 2. The number of aromatic nitrogens is 1. The Kier molecular flexibility index (Phi) is 4.12. The third-order valence-electron chi connectivity index (χ3n) is 6.84. The number of pyridine rings is 1. The maximum atomic E-state index is 13.4. The average Bonchev–Trinajstić information content (AvgIpc) is 3.12. The van der Waals surface area contributed by atoms with Crippen LogP contribution in [0.1, 0.15) is 40.4 Å². The number of fused-ring (bicyclic) bond motifs is 2. The Balaban J connectivity index is 1.54. The lowest BCUT2D eigenvalue weighted by atomic mass is 9.75. The molecule has 1 aromatic carbocycles. The lowest BCUT2D eigenvalue weighted by Gasteiger charge is -2.51. The molecule has 0 aliphatic carbocycles. The summed E-state index contributed by atoms with van der Waals surface area (Å²) in [6.45, 7) is 4.48. The molecule has 3 atom stereocenters. The topological polar surface area (TPSA) is 56.4 Å². The van der Waals surface area contributed by atoms with Crippen LogP contribution >= 0.6 is 0 Å². The molecule has 146 valence electrons. The second kappa shape index (κ2) is 6.55. The number of hydrogen-bond donors (Lipinski definition) is 1. The van der Waals surface area contributed by atoms with Gasteiger partial charge in [-0.1, -0.05) is 12.1 Å². The molecule has 28 heavy (non-hydrogen) atoms. The van der Waals surface area contributed by atoms with E-state index in [-0.39, 0.29) is 40.8 Å². The second-order valence-corrected chi connectivity index (χ2v) is 8.35. The number of hydrogen-bond acceptors (Lipinski definition) is 3. The first-order valence-electron chi connectivity index (χ1n) is 10.0. The number of rotatable bonds is 2. The van der Waals surface area contributed by atoms with E-state index in [9.17, 15) is 14.0 Å². The van der Waals surface area contributed by atoms with Crippen LogP contribution in [0.5, 0.6) is 0 Å². The number of halogens is 1. The highest BCUT2D eigenvalue weighted by Gasteiger charge is 2.54. The van der Waals surface area contributed by atoms with Crippen LogP contribution in [0.15, 0.2) is 41.2 Å². The van der Waals surface area contributed by atoms with Gasteiger partial charge < -0.3 is 9.88 Å². The molecule has 0 radical (unpaired) electrons. The molecule has 4 aliphatic rings. The first-order valence-corrected chi connectivity index (χ1v) is 10.0. The molecular formula is C22H24FN3O2. The van der Waals surface area contributed by atoms with Crippen molar-refractivity contribution < 1.29 is 9.18 Å². The molecule has 0 saturated carbocycles. The highest BCUT2D eigenvalue weighted by atomic mass is 19.1. The fourth-order valence-electron chi connectivity index (χ4n) is 5.55. The van der Waals surface area contributed by atoms with Gasteiger partial charge in [0.2, 0.25) is 0 Å². The number of piperidine rings is 3. The zero-order valence-electron chi connectivity index (χ0n) is 15.9. The van der Waals surface area contributed by atoms with E-state index in [0.29, 0.717) is 12.5 Å². The first-order chi connectivity index (χ1) is 13.5. The van der Waals surface area contributed by atoms with Gasteiger partial charge in [0.25, 0.3) is 11.5 Å². The van der Waals surface area contributed by atoms with Crippen molar-refractivity contribution in [3.8, 4) is 0 Å². The maximum absolute atomic E-state index is 13.4. The molecule has 4 saturated heterocycles. The minimum atomic E-state index is -0.326. The van der Waals surface area contributed by atoms with Gasteiger partial charge in [-0.25, -0.2) is 4.39 Å². The van der Waals surface area contributed by atoms with Crippen LogP contribution in [0.25, 0.3) is 0 Å². The summed E-state index contributed by atoms with van der Waals surface area (Å²) in [6.07, 6.45) is 2.18. The predicted octanol–water partition coefficient (Wildman–Crippen LogP) is 2.52. The van der Waals surface area contributed by atoms with Crippen LogP contribution in [0.3, 0.4) is 0 Å². The van der Waals surface area contributed by atoms with E-state index >= 15 is 0 Å². The molecule has 2 bridgehead atoms. The Morgan fingerprint density at radius 1 is 1.07 bits per heavy atom. The monoisotopic (exact) mass is 381 g/mol. The largest absolute Gasteiger partial charge is 0.333 e. The summed E-state index contributed by atoms with van der Waals surface area (Å²) in [6, 6.07) is 10.4. The minimum Gasteiger partial charge on any atom is -0.333 e. The van der Waals surface area contributed by atoms with Gasteiger partial charge in [-0.3, -0.25) is 14.5 Å². The standard InChI is InChI=1S/C22H24FN3O2/c1-13-2-7-17(21(27)24-13)22(28)26-12-18(14-3-5-16(23)6-4-14)20-19(26)15-8-10-25(20)11-9-15/h2-7,15,18-20H,8-12H2,1H3,(H,24,27)/t18-,19+,20+/m1/s1. The van der Waals surface area contributed by atoms with Crippen LogP contribution in [0, 0.1) is 18.7 Å². The molecule has 4 aliphatic heterocycles. The molecular weight excluding hydrogens is 357 g/mol. The summed E-state index contributed by atoms with van der Waals surface area (Å²) in [5, 5.41) is 0. The van der Waals surface area contributed by atoms with Gasteiger partial charge in [-0.2, -0.15) is 0 Å². The lowest BCUT2D eigenvalue weighted by molar-refractivity contribution is -0.00346. The zero-order chi connectivity index (χ0) is 19.4. The van der Waals surface area contributed by atoms with Crippen molar-refractivity contribution in [3.05, 3.63) is 69.4 Å². The molecule has 5 heterocycles. The van der Waals surface area contributed by atoms with Gasteiger partial charge >= 0.3 is 0 Å². The van der Waals surface area contributed by atoms with Crippen molar-refractivity contribution in [3.63, 3.8) is 0 Å². The number of H-pyrrole nitrogens is 1. The number of carbonyl (C=O) groups is 1. The number of nitrogens with one attached hydrogen (secondary N) is 1. The van der Waals surface area contributed by atoms with Crippen molar-refractivity contribution in [2.24, 2.45) is 5.92 Å². The first kappa shape index (κ1) is 17.6. The van der Waals surface area contributed by atoms with E-state index in [4.69, 9.17) is 0 Å². The van der Waals surface area contributed by atoms with Gasteiger partial charge in [-0.15, -0.1) is 0 Å². The van der Waals surface area contributed by atoms with E-state index in [1.165, 1.54) is 12.1 Å². The molecule has 1 aromatic heterocycles. The van der Waals surface area contributed by atoms with Crippen LogP contribution in [-0.4, -0.2) is 52.4 Å². The fraction of sp³-hybridized carbons (Fsp3) is 0.455. The lowest BCUT2D eigenvalue weighted by Crippen LogP contribution is -2.61. The Labute approximate surface area is 163 Å². The predicted molar refractivity (Wildman–Crippen MR) is 104 cm³/mol. The van der Waals surface area contributed by atoms with Crippen molar-refractivity contribution in [1.82, 2.24) is 14.8 Å². The molecule has 2 aromatic rings. The number of aryl methyl sites for hydroxylation is 1. The van der Waals surface area contributed by atoms with E-state index in [1.54, 1.807) is 19.1 Å². The van der Waals surface area contributed by atoms with Crippen molar-refractivity contribution >= 4 is 5.91 Å². The summed E-state index contributed by atoms with van der Waals surface area (Å²) < 4.78 is 13.4. The third-order valence-corrected chi connectivity index (χ3v) is 6.84. The number of amides is 1. The third kappa shape index (κ3) is 2.70. The van der Waals surface area contributed by atoms with Crippen LogP contribution in [-0.2, 0) is 0 Å². The van der Waals surface area contributed by atoms with E-state index in [1.807, 2.05) is 17.0 Å². The summed E-state index contributed by atoms with van der Waals surface area (Å²) in [4.78, 5) is 32.9. The molecule has 6 rings (SSSR count). The van der Waals surface area contributed by atoms with E-state index < -0.39 is 0 Å². The zero-order valence-corrected chi connectivity index (χ0v) is 15.9. The molecule has 0 spiro atoms. The van der Waals surface area contributed by atoms with Crippen LogP contribution in [0.2, 0.25) is 0 Å². The molecule has 1 N–H and O–H groups in total. The van der Waals surface area contributed by atoms with E-state index in [0.717, 1.165) is 37.2 Å². The van der Waals surface area contributed by atoms with E-state index in [2.05, 4.69) is 9.88 Å². The number of likely N-dealkylation sites (tertiary alicyclic amines) is 1. The summed E-state index contributed by atoms with van der Waals surface area (Å²) in [5.74, 6) is 0.175. The van der Waals surface area contributed by atoms with Gasteiger partial charge in [0.1, 0.15) is 11.4 Å². The number of carbonyl (C=O) groups excluding carboxylic acids is 1. The van der Waals surface area contributed by atoms with Gasteiger partial charge in [0.15, 0.2) is 0 Å². The summed E-state index contributed by atoms with van der Waals surface area (Å²) in [5.41, 5.74) is 1.69. The average molecular weight is 381 g/mol. The van der Waals surface area contributed by atoms with Crippen LogP contribution < -0.4 is 5.56 Å². The molecule has 5 nitrogen and oxygen atoms in total. The van der Waals surface area contributed by atoms with Crippen molar-refractivity contribution in [2.75, 3.05) is 19.6 Å². The van der Waals surface area contributed by atoms with Crippen LogP contribution in [0.4, 0.5) is 4.39 Å². The SMILES string of the molecule is Cc1ccc(C(=O)N2C[C@H](c3ccc(F)cc3)[C@H]3[C@@H]2C2CCN3CC2)c(=O)[nH]1. The van der Waals surface area contributed by atoms with Gasteiger partial charge in [0, 0.05) is 24.2 Å². The molecule has 6 heteroatoms. The Hall–Kier alpha value is -2.47. The van der Waals surface area contributed by atoms with Gasteiger partial charge in [0.05, 0.1) is 6.04 Å². The highest BCUT2D eigenvalue weighted by Crippen LogP contribution is 2.46. The molecule has 1 amide bonds. The Bertz CT molecular complexity index is 962. The maximum Gasteiger partial charge on any atom is 0.260 e. The minimum absolute atomic E-state index is 0.116. The quantitative estimate of drug-likeness (QED) is 0.870. The number of benzene rings is 1. The smallest absolute Gasteiger partial charge is 0.260 e. The summed E-state index contributed by atoms with van der Waals surface area (Å²) in [7, 11) is 0. The van der Waals surface area contributed by atoms with Crippen molar-refractivity contribution in [1.29, 1.82) is 0 Å². The normalized spacial score (nSPS) is 31.1. The fourth-order valence-corrected chi connectivity index (χ4v) is 5.55. The van der Waals surface area contributed by atoms with Gasteiger partial charge in [-0.05, 0) is 68.6 Å². The Morgan fingerprint density at radius 2 is 1.79 bits per heavy atom. The summed E-state index contributed by atoms with van der Waals surface area (Å²) >= 11 is 0. The highest BCUT2D eigenvalue weighted by molar-refractivity contribution is 5.94. The molecule has 4 fully saturated rings. The second-order valence-electron chi connectivity index (χ2n) is 8.35. The number of aromatic amines is 1. The van der Waals surface area contributed by atoms with Crippen molar-refractivity contribution in [2.45, 2.75) is 37.8 Å².